The Morgan fingerprint density at radius 3 is 2.00 bits per heavy atom. The van der Waals surface area contributed by atoms with Crippen LogP contribution in [0, 0.1) is 11.8 Å². The van der Waals surface area contributed by atoms with Crippen molar-refractivity contribution in [3.8, 4) is 0 Å². The van der Waals surface area contributed by atoms with E-state index in [1.165, 1.54) is 0 Å². The second kappa shape index (κ2) is 11.5. The SMILES string of the molecule is CC(C)CCNC(=O)CCNC(=O)CC(O)CCC(C)C. The highest BCUT2D eigenvalue weighted by Gasteiger charge is 2.11. The third kappa shape index (κ3) is 13.6. The second-order valence-electron chi connectivity index (χ2n) is 6.46. The van der Waals surface area contributed by atoms with Gasteiger partial charge >= 0.3 is 0 Å². The number of nitrogens with one attached hydrogen (secondary N) is 2. The van der Waals surface area contributed by atoms with E-state index < -0.39 is 6.10 Å². The average Bonchev–Trinajstić information content (AvgIpc) is 2.35. The fraction of sp³-hybridized carbons (Fsp3) is 0.875. The summed E-state index contributed by atoms with van der Waals surface area (Å²) in [5.41, 5.74) is 0. The lowest BCUT2D eigenvalue weighted by Gasteiger charge is -2.12. The molecule has 0 aromatic heterocycles. The number of aliphatic hydroxyl groups is 1. The molecule has 0 bridgehead atoms. The van der Waals surface area contributed by atoms with Crippen molar-refractivity contribution in [2.75, 3.05) is 13.1 Å². The molecule has 2 amide bonds. The van der Waals surface area contributed by atoms with Crippen LogP contribution in [0.3, 0.4) is 0 Å². The minimum atomic E-state index is -0.590. The number of carbonyl (C=O) groups excluding carboxylic acids is 2. The van der Waals surface area contributed by atoms with Gasteiger partial charge in [0.1, 0.15) is 0 Å². The summed E-state index contributed by atoms with van der Waals surface area (Å²) in [6.07, 6.45) is 2.31. The first-order valence-corrected chi connectivity index (χ1v) is 8.02. The molecule has 21 heavy (non-hydrogen) atoms. The molecule has 5 heteroatoms. The smallest absolute Gasteiger partial charge is 0.222 e. The van der Waals surface area contributed by atoms with Crippen molar-refractivity contribution in [1.29, 1.82) is 0 Å². The Labute approximate surface area is 128 Å². The molecule has 3 N–H and O–H groups in total. The number of hydrogen-bond donors (Lipinski definition) is 3. The van der Waals surface area contributed by atoms with Crippen molar-refractivity contribution in [3.05, 3.63) is 0 Å². The lowest BCUT2D eigenvalue weighted by molar-refractivity contribution is -0.123. The van der Waals surface area contributed by atoms with Crippen LogP contribution in [0.25, 0.3) is 0 Å². The van der Waals surface area contributed by atoms with E-state index in [1.54, 1.807) is 0 Å². The number of carbonyl (C=O) groups is 2. The summed E-state index contributed by atoms with van der Waals surface area (Å²) < 4.78 is 0. The average molecular weight is 300 g/mol. The number of hydrogen-bond acceptors (Lipinski definition) is 3. The number of aliphatic hydroxyl groups excluding tert-OH is 1. The fourth-order valence-electron chi connectivity index (χ4n) is 1.82. The van der Waals surface area contributed by atoms with E-state index in [0.29, 0.717) is 31.3 Å². The van der Waals surface area contributed by atoms with Gasteiger partial charge in [0.25, 0.3) is 0 Å². The Balaban J connectivity index is 3.62. The molecule has 0 aromatic rings. The van der Waals surface area contributed by atoms with E-state index in [0.717, 1.165) is 12.8 Å². The molecule has 0 aliphatic rings. The second-order valence-corrected chi connectivity index (χ2v) is 6.46. The van der Waals surface area contributed by atoms with E-state index in [-0.39, 0.29) is 24.7 Å². The van der Waals surface area contributed by atoms with Crippen LogP contribution in [-0.4, -0.2) is 36.1 Å². The summed E-state index contributed by atoms with van der Waals surface area (Å²) >= 11 is 0. The van der Waals surface area contributed by atoms with E-state index in [4.69, 9.17) is 0 Å². The first kappa shape index (κ1) is 19.9. The van der Waals surface area contributed by atoms with Crippen molar-refractivity contribution in [2.24, 2.45) is 11.8 Å². The molecule has 0 spiro atoms. The predicted molar refractivity (Wildman–Crippen MR) is 84.8 cm³/mol. The first-order valence-electron chi connectivity index (χ1n) is 8.02. The monoisotopic (exact) mass is 300 g/mol. The highest BCUT2D eigenvalue weighted by molar-refractivity contribution is 5.79. The zero-order valence-corrected chi connectivity index (χ0v) is 13.9. The fourth-order valence-corrected chi connectivity index (χ4v) is 1.82. The summed E-state index contributed by atoms with van der Waals surface area (Å²) in [6, 6.07) is 0. The van der Waals surface area contributed by atoms with Crippen molar-refractivity contribution in [2.45, 2.75) is 65.9 Å². The van der Waals surface area contributed by atoms with E-state index >= 15 is 0 Å². The summed E-state index contributed by atoms with van der Waals surface area (Å²) in [5.74, 6) is 0.854. The maximum absolute atomic E-state index is 11.6. The number of amides is 2. The molecule has 0 aromatic carbocycles. The Morgan fingerprint density at radius 2 is 1.43 bits per heavy atom. The third-order valence-corrected chi connectivity index (χ3v) is 3.22. The number of rotatable bonds is 11. The van der Waals surface area contributed by atoms with Crippen LogP contribution < -0.4 is 10.6 Å². The Morgan fingerprint density at radius 1 is 0.857 bits per heavy atom. The molecule has 0 fully saturated rings. The quantitative estimate of drug-likeness (QED) is 0.545. The van der Waals surface area contributed by atoms with Crippen LogP contribution in [0.1, 0.15) is 59.8 Å². The standard InChI is InChI=1S/C16H32N2O3/c1-12(2)5-6-14(19)11-16(21)18-10-8-15(20)17-9-7-13(3)4/h12-14,19H,5-11H2,1-4H3,(H,17,20)(H,18,21). The van der Waals surface area contributed by atoms with Crippen LogP contribution in [-0.2, 0) is 9.59 Å². The first-order chi connectivity index (χ1) is 9.81. The van der Waals surface area contributed by atoms with Crippen molar-refractivity contribution in [1.82, 2.24) is 10.6 Å². The maximum Gasteiger partial charge on any atom is 0.222 e. The van der Waals surface area contributed by atoms with Gasteiger partial charge in [0.2, 0.25) is 11.8 Å². The van der Waals surface area contributed by atoms with Crippen LogP contribution in [0.15, 0.2) is 0 Å². The van der Waals surface area contributed by atoms with Crippen molar-refractivity contribution >= 4 is 11.8 Å². The van der Waals surface area contributed by atoms with Crippen LogP contribution in [0.2, 0.25) is 0 Å². The zero-order chi connectivity index (χ0) is 16.3. The van der Waals surface area contributed by atoms with Crippen molar-refractivity contribution in [3.63, 3.8) is 0 Å². The van der Waals surface area contributed by atoms with E-state index in [1.807, 2.05) is 0 Å². The van der Waals surface area contributed by atoms with Gasteiger partial charge in [0, 0.05) is 19.5 Å². The highest BCUT2D eigenvalue weighted by atomic mass is 16.3. The summed E-state index contributed by atoms with van der Waals surface area (Å²) in [5, 5.41) is 15.2. The van der Waals surface area contributed by atoms with Gasteiger partial charge < -0.3 is 15.7 Å². The topological polar surface area (TPSA) is 78.4 Å². The largest absolute Gasteiger partial charge is 0.393 e. The molecule has 0 heterocycles. The minimum absolute atomic E-state index is 0.0451. The molecule has 1 unspecified atom stereocenters. The lowest BCUT2D eigenvalue weighted by atomic mass is 10.0. The molecule has 0 saturated carbocycles. The normalized spacial score (nSPS) is 12.5. The van der Waals surface area contributed by atoms with E-state index in [2.05, 4.69) is 38.3 Å². The Kier molecular flexibility index (Phi) is 10.9. The van der Waals surface area contributed by atoms with Crippen LogP contribution >= 0.6 is 0 Å². The molecule has 0 aliphatic carbocycles. The van der Waals surface area contributed by atoms with Crippen LogP contribution in [0.4, 0.5) is 0 Å². The van der Waals surface area contributed by atoms with Crippen LogP contribution in [0.5, 0.6) is 0 Å². The molecule has 1 atom stereocenters. The van der Waals surface area contributed by atoms with Gasteiger partial charge in [-0.05, 0) is 31.1 Å². The third-order valence-electron chi connectivity index (χ3n) is 3.22. The van der Waals surface area contributed by atoms with Crippen molar-refractivity contribution < 1.29 is 14.7 Å². The lowest BCUT2D eigenvalue weighted by Crippen LogP contribution is -2.32. The van der Waals surface area contributed by atoms with Gasteiger partial charge in [-0.25, -0.2) is 0 Å². The van der Waals surface area contributed by atoms with E-state index in [9.17, 15) is 14.7 Å². The molecule has 5 nitrogen and oxygen atoms in total. The molecule has 124 valence electrons. The molecule has 0 radical (unpaired) electrons. The summed E-state index contributed by atoms with van der Waals surface area (Å²) in [7, 11) is 0. The molecule has 0 aliphatic heterocycles. The van der Waals surface area contributed by atoms with Gasteiger partial charge in [0.15, 0.2) is 0 Å². The van der Waals surface area contributed by atoms with Gasteiger partial charge in [-0.2, -0.15) is 0 Å². The molecular weight excluding hydrogens is 268 g/mol. The molecule has 0 saturated heterocycles. The maximum atomic E-state index is 11.6. The molecule has 0 rings (SSSR count). The van der Waals surface area contributed by atoms with Gasteiger partial charge in [-0.1, -0.05) is 27.7 Å². The Bertz CT molecular complexity index is 304. The Hall–Kier alpha value is -1.10. The van der Waals surface area contributed by atoms with Gasteiger partial charge in [0.05, 0.1) is 12.5 Å². The zero-order valence-electron chi connectivity index (χ0n) is 13.9. The van der Waals surface area contributed by atoms with Gasteiger partial charge in [-0.15, -0.1) is 0 Å². The molecular formula is C16H32N2O3. The summed E-state index contributed by atoms with van der Waals surface area (Å²) in [6.45, 7) is 9.39. The van der Waals surface area contributed by atoms with Gasteiger partial charge in [-0.3, -0.25) is 9.59 Å². The highest BCUT2D eigenvalue weighted by Crippen LogP contribution is 2.08. The summed E-state index contributed by atoms with van der Waals surface area (Å²) in [4.78, 5) is 23.1. The predicted octanol–water partition coefficient (Wildman–Crippen LogP) is 1.84. The minimum Gasteiger partial charge on any atom is -0.393 e.